The van der Waals surface area contributed by atoms with Gasteiger partial charge in [-0.05, 0) is 24.1 Å². The van der Waals surface area contributed by atoms with E-state index in [0.717, 1.165) is 12.0 Å². The standard InChI is InChI=1S/C11H13N3O2S/c1-2-9-3-5-11(6-4-9)17(15,16)14-10-7-12-13-8-10/h3-8,14H,2H2,1H3,(H,12,13). The lowest BCUT2D eigenvalue weighted by Crippen LogP contribution is -2.12. The molecule has 17 heavy (non-hydrogen) atoms. The van der Waals surface area contributed by atoms with E-state index in [1.165, 1.54) is 12.4 Å². The van der Waals surface area contributed by atoms with Gasteiger partial charge in [0.15, 0.2) is 0 Å². The van der Waals surface area contributed by atoms with Crippen LogP contribution in [0.2, 0.25) is 0 Å². The van der Waals surface area contributed by atoms with Crippen molar-refractivity contribution in [2.24, 2.45) is 0 Å². The molecule has 0 radical (unpaired) electrons. The van der Waals surface area contributed by atoms with Gasteiger partial charge < -0.3 is 0 Å². The zero-order valence-electron chi connectivity index (χ0n) is 9.34. The van der Waals surface area contributed by atoms with Crippen molar-refractivity contribution in [2.75, 3.05) is 4.72 Å². The third kappa shape index (κ3) is 2.65. The highest BCUT2D eigenvalue weighted by atomic mass is 32.2. The number of aromatic nitrogens is 2. The van der Waals surface area contributed by atoms with Crippen LogP contribution in [-0.2, 0) is 16.4 Å². The third-order valence-corrected chi connectivity index (χ3v) is 3.79. The van der Waals surface area contributed by atoms with Gasteiger partial charge in [-0.1, -0.05) is 19.1 Å². The Bertz CT molecular complexity index is 574. The highest BCUT2D eigenvalue weighted by Gasteiger charge is 2.13. The monoisotopic (exact) mass is 251 g/mol. The fraction of sp³-hybridized carbons (Fsp3) is 0.182. The number of H-pyrrole nitrogens is 1. The number of aromatic amines is 1. The summed E-state index contributed by atoms with van der Waals surface area (Å²) in [5, 5.41) is 6.22. The molecule has 0 aliphatic carbocycles. The highest BCUT2D eigenvalue weighted by Crippen LogP contribution is 2.15. The molecule has 1 aromatic carbocycles. The van der Waals surface area contributed by atoms with Crippen molar-refractivity contribution in [2.45, 2.75) is 18.2 Å². The lowest BCUT2D eigenvalue weighted by molar-refractivity contribution is 0.601. The van der Waals surface area contributed by atoms with Gasteiger partial charge in [-0.2, -0.15) is 5.10 Å². The number of benzene rings is 1. The maximum Gasteiger partial charge on any atom is 0.261 e. The van der Waals surface area contributed by atoms with Gasteiger partial charge in [-0.3, -0.25) is 9.82 Å². The molecule has 0 fully saturated rings. The van der Waals surface area contributed by atoms with Crippen molar-refractivity contribution in [3.63, 3.8) is 0 Å². The van der Waals surface area contributed by atoms with Gasteiger partial charge in [-0.25, -0.2) is 8.42 Å². The summed E-state index contributed by atoms with van der Waals surface area (Å²) in [7, 11) is -3.52. The molecule has 90 valence electrons. The van der Waals surface area contributed by atoms with Gasteiger partial charge in [0, 0.05) is 6.20 Å². The molecule has 1 aromatic heterocycles. The predicted molar refractivity (Wildman–Crippen MR) is 65.2 cm³/mol. The molecule has 2 rings (SSSR count). The van der Waals surface area contributed by atoms with Crippen molar-refractivity contribution < 1.29 is 8.42 Å². The van der Waals surface area contributed by atoms with Crippen LogP contribution in [0, 0.1) is 0 Å². The number of nitrogens with one attached hydrogen (secondary N) is 2. The van der Waals surface area contributed by atoms with Crippen molar-refractivity contribution in [3.05, 3.63) is 42.2 Å². The molecule has 1 heterocycles. The summed E-state index contributed by atoms with van der Waals surface area (Å²) >= 11 is 0. The first kappa shape index (κ1) is 11.7. The largest absolute Gasteiger partial charge is 0.284 e. The molecule has 0 atom stereocenters. The average molecular weight is 251 g/mol. The average Bonchev–Trinajstić information content (AvgIpc) is 2.81. The quantitative estimate of drug-likeness (QED) is 0.869. The van der Waals surface area contributed by atoms with E-state index in [-0.39, 0.29) is 4.90 Å². The fourth-order valence-electron chi connectivity index (χ4n) is 1.43. The Balaban J connectivity index is 2.25. The maximum atomic E-state index is 11.9. The fourth-order valence-corrected chi connectivity index (χ4v) is 2.46. The Morgan fingerprint density at radius 1 is 1.29 bits per heavy atom. The minimum Gasteiger partial charge on any atom is -0.284 e. The number of aryl methyl sites for hydroxylation is 1. The second-order valence-corrected chi connectivity index (χ2v) is 5.27. The van der Waals surface area contributed by atoms with Gasteiger partial charge >= 0.3 is 0 Å². The van der Waals surface area contributed by atoms with Crippen molar-refractivity contribution >= 4 is 15.7 Å². The van der Waals surface area contributed by atoms with E-state index >= 15 is 0 Å². The number of rotatable bonds is 4. The van der Waals surface area contributed by atoms with Gasteiger partial charge in [0.1, 0.15) is 0 Å². The molecular formula is C11H13N3O2S. The summed E-state index contributed by atoms with van der Waals surface area (Å²) < 4.78 is 26.3. The van der Waals surface area contributed by atoms with E-state index < -0.39 is 10.0 Å². The molecule has 0 aliphatic rings. The second-order valence-electron chi connectivity index (χ2n) is 3.59. The lowest BCUT2D eigenvalue weighted by atomic mass is 10.2. The molecule has 0 unspecified atom stereocenters. The van der Waals surface area contributed by atoms with Gasteiger partial charge in [0.05, 0.1) is 16.8 Å². The molecule has 2 N–H and O–H groups in total. The number of nitrogens with zero attached hydrogens (tertiary/aromatic N) is 1. The molecule has 6 heteroatoms. The summed E-state index contributed by atoms with van der Waals surface area (Å²) in [6.07, 6.45) is 3.78. The zero-order chi connectivity index (χ0) is 12.3. The lowest BCUT2D eigenvalue weighted by Gasteiger charge is -2.06. The van der Waals surface area contributed by atoms with Crippen LogP contribution in [0.25, 0.3) is 0 Å². The number of hydrogen-bond acceptors (Lipinski definition) is 3. The highest BCUT2D eigenvalue weighted by molar-refractivity contribution is 7.92. The van der Waals surface area contributed by atoms with E-state index in [1.807, 2.05) is 19.1 Å². The molecule has 0 saturated heterocycles. The Labute approximate surface area is 99.9 Å². The van der Waals surface area contributed by atoms with E-state index in [4.69, 9.17) is 0 Å². The summed E-state index contributed by atoms with van der Waals surface area (Å²) in [5.74, 6) is 0. The molecular weight excluding hydrogens is 238 g/mol. The van der Waals surface area contributed by atoms with Crippen LogP contribution in [0.15, 0.2) is 41.6 Å². The van der Waals surface area contributed by atoms with E-state index in [0.29, 0.717) is 5.69 Å². The van der Waals surface area contributed by atoms with Crippen LogP contribution >= 0.6 is 0 Å². The van der Waals surface area contributed by atoms with Crippen LogP contribution < -0.4 is 4.72 Å². The van der Waals surface area contributed by atoms with Gasteiger partial charge in [0.2, 0.25) is 0 Å². The van der Waals surface area contributed by atoms with Crippen LogP contribution in [0.1, 0.15) is 12.5 Å². The summed E-state index contributed by atoms with van der Waals surface area (Å²) in [4.78, 5) is 0.246. The maximum absolute atomic E-state index is 11.9. The smallest absolute Gasteiger partial charge is 0.261 e. The molecule has 0 saturated carbocycles. The first-order valence-electron chi connectivity index (χ1n) is 5.22. The third-order valence-electron chi connectivity index (χ3n) is 2.39. The molecule has 0 spiro atoms. The van der Waals surface area contributed by atoms with Crippen molar-refractivity contribution in [1.82, 2.24) is 10.2 Å². The van der Waals surface area contributed by atoms with Gasteiger partial charge in [-0.15, -0.1) is 0 Å². The predicted octanol–water partition coefficient (Wildman–Crippen LogP) is 1.77. The number of hydrogen-bond donors (Lipinski definition) is 2. The summed E-state index contributed by atoms with van der Waals surface area (Å²) in [5.41, 5.74) is 1.52. The zero-order valence-corrected chi connectivity index (χ0v) is 10.2. The topological polar surface area (TPSA) is 74.8 Å². The molecule has 0 aliphatic heterocycles. The van der Waals surface area contributed by atoms with Crippen LogP contribution in [0.4, 0.5) is 5.69 Å². The SMILES string of the molecule is CCc1ccc(S(=O)(=O)Nc2cn[nH]c2)cc1. The van der Waals surface area contributed by atoms with Crippen LogP contribution in [-0.4, -0.2) is 18.6 Å². The van der Waals surface area contributed by atoms with Crippen molar-refractivity contribution in [1.29, 1.82) is 0 Å². The van der Waals surface area contributed by atoms with Gasteiger partial charge in [0.25, 0.3) is 10.0 Å². The normalized spacial score (nSPS) is 11.4. The first-order chi connectivity index (χ1) is 8.12. The molecule has 0 amide bonds. The Morgan fingerprint density at radius 2 is 2.00 bits per heavy atom. The minimum atomic E-state index is -3.52. The number of sulfonamides is 1. The first-order valence-corrected chi connectivity index (χ1v) is 6.70. The van der Waals surface area contributed by atoms with E-state index in [1.54, 1.807) is 12.1 Å². The van der Waals surface area contributed by atoms with Crippen molar-refractivity contribution in [3.8, 4) is 0 Å². The van der Waals surface area contributed by atoms with E-state index in [2.05, 4.69) is 14.9 Å². The minimum absolute atomic E-state index is 0.246. The second kappa shape index (κ2) is 4.58. The van der Waals surface area contributed by atoms with Crippen LogP contribution in [0.3, 0.4) is 0 Å². The molecule has 5 nitrogen and oxygen atoms in total. The molecule has 2 aromatic rings. The summed E-state index contributed by atoms with van der Waals surface area (Å²) in [6.45, 7) is 2.02. The Hall–Kier alpha value is -1.82. The Morgan fingerprint density at radius 3 is 2.53 bits per heavy atom. The molecule has 0 bridgehead atoms. The number of anilines is 1. The summed E-state index contributed by atoms with van der Waals surface area (Å²) in [6, 6.07) is 6.82. The Kier molecular flexibility index (Phi) is 3.14. The van der Waals surface area contributed by atoms with Crippen LogP contribution in [0.5, 0.6) is 0 Å². The van der Waals surface area contributed by atoms with E-state index in [9.17, 15) is 8.42 Å².